The van der Waals surface area contributed by atoms with Gasteiger partial charge in [0, 0.05) is 11.4 Å². The molecule has 0 amide bonds. The number of thiophene rings is 1. The summed E-state index contributed by atoms with van der Waals surface area (Å²) in [6.45, 7) is 0.673. The molecule has 5 heteroatoms. The normalized spacial score (nSPS) is 11.0. The molecule has 0 unspecified atom stereocenters. The molecule has 0 saturated carbocycles. The van der Waals surface area contributed by atoms with Crippen LogP contribution in [0.1, 0.15) is 12.0 Å². The van der Waals surface area contributed by atoms with Crippen LogP contribution in [0.2, 0.25) is 0 Å². The molecule has 4 nitrogen and oxygen atoms in total. The Morgan fingerprint density at radius 1 is 1.07 bits per heavy atom. The molecule has 2 aromatic heterocycles. The van der Waals surface area contributed by atoms with Gasteiger partial charge in [-0.3, -0.25) is 9.36 Å². The Morgan fingerprint density at radius 2 is 1.85 bits per heavy atom. The number of hydrogen-bond donors (Lipinski definition) is 0. The molecule has 0 aliphatic carbocycles. The molecule has 2 heterocycles. The molecule has 2 aromatic carbocycles. The van der Waals surface area contributed by atoms with E-state index >= 15 is 0 Å². The number of nitrogens with zero attached hydrogens (tertiary/aromatic N) is 2. The van der Waals surface area contributed by atoms with Gasteiger partial charge in [-0.25, -0.2) is 4.98 Å². The minimum atomic E-state index is 0.0397. The lowest BCUT2D eigenvalue weighted by atomic mass is 10.1. The third-order valence-corrected chi connectivity index (χ3v) is 5.75. The Bertz CT molecular complexity index is 1100. The molecule has 27 heavy (non-hydrogen) atoms. The van der Waals surface area contributed by atoms with Crippen molar-refractivity contribution in [2.45, 2.75) is 19.4 Å². The smallest absolute Gasteiger partial charge is 0.271 e. The predicted octanol–water partition coefficient (Wildman–Crippen LogP) is 4.77. The SMILES string of the molecule is COc1ccc(-c2cc3ncn(CCCc4ccccc4)c(=O)c3s2)cc1. The molecule has 0 aliphatic rings. The van der Waals surface area contributed by atoms with Crippen LogP contribution in [-0.2, 0) is 13.0 Å². The van der Waals surface area contributed by atoms with Crippen LogP contribution in [0.4, 0.5) is 0 Å². The minimum Gasteiger partial charge on any atom is -0.497 e. The Hall–Kier alpha value is -2.92. The number of rotatable bonds is 6. The molecule has 0 spiro atoms. The highest BCUT2D eigenvalue weighted by Crippen LogP contribution is 2.31. The minimum absolute atomic E-state index is 0.0397. The van der Waals surface area contributed by atoms with E-state index in [0.29, 0.717) is 11.2 Å². The molecule has 0 saturated heterocycles. The van der Waals surface area contributed by atoms with Crippen molar-refractivity contribution in [3.8, 4) is 16.2 Å². The van der Waals surface area contributed by atoms with E-state index in [9.17, 15) is 4.79 Å². The summed E-state index contributed by atoms with van der Waals surface area (Å²) < 4.78 is 7.64. The lowest BCUT2D eigenvalue weighted by Gasteiger charge is -2.05. The monoisotopic (exact) mass is 376 g/mol. The number of ether oxygens (including phenoxy) is 1. The van der Waals surface area contributed by atoms with Gasteiger partial charge in [0.15, 0.2) is 0 Å². The molecule has 4 rings (SSSR count). The Kier molecular flexibility index (Phi) is 5.03. The fourth-order valence-corrected chi connectivity index (χ4v) is 4.17. The molecule has 0 atom stereocenters. The maximum absolute atomic E-state index is 12.8. The first-order valence-corrected chi connectivity index (χ1v) is 9.73. The van der Waals surface area contributed by atoms with E-state index < -0.39 is 0 Å². The van der Waals surface area contributed by atoms with Crippen molar-refractivity contribution in [3.05, 3.63) is 82.9 Å². The highest BCUT2D eigenvalue weighted by molar-refractivity contribution is 7.22. The second kappa shape index (κ2) is 7.76. The van der Waals surface area contributed by atoms with Crippen LogP contribution < -0.4 is 10.3 Å². The van der Waals surface area contributed by atoms with Gasteiger partial charge < -0.3 is 4.74 Å². The fourth-order valence-electron chi connectivity index (χ4n) is 3.10. The summed E-state index contributed by atoms with van der Waals surface area (Å²) >= 11 is 1.50. The van der Waals surface area contributed by atoms with Gasteiger partial charge in [0.05, 0.1) is 19.0 Å². The topological polar surface area (TPSA) is 44.1 Å². The zero-order valence-electron chi connectivity index (χ0n) is 15.1. The summed E-state index contributed by atoms with van der Waals surface area (Å²) in [5.74, 6) is 0.818. The largest absolute Gasteiger partial charge is 0.497 e. The van der Waals surface area contributed by atoms with Crippen molar-refractivity contribution < 1.29 is 4.74 Å². The van der Waals surface area contributed by atoms with Crippen molar-refractivity contribution in [2.75, 3.05) is 7.11 Å². The van der Waals surface area contributed by atoms with E-state index in [-0.39, 0.29) is 5.56 Å². The van der Waals surface area contributed by atoms with Crippen LogP contribution in [0.25, 0.3) is 20.7 Å². The average molecular weight is 376 g/mol. The van der Waals surface area contributed by atoms with Gasteiger partial charge in [0.25, 0.3) is 5.56 Å². The first kappa shape index (κ1) is 17.5. The van der Waals surface area contributed by atoms with E-state index in [1.165, 1.54) is 16.9 Å². The molecule has 0 fully saturated rings. The average Bonchev–Trinajstić information content (AvgIpc) is 3.16. The summed E-state index contributed by atoms with van der Waals surface area (Å²) in [5.41, 5.74) is 3.15. The van der Waals surface area contributed by atoms with E-state index in [1.807, 2.05) is 48.5 Å². The van der Waals surface area contributed by atoms with Gasteiger partial charge in [0.1, 0.15) is 10.4 Å². The number of methoxy groups -OCH3 is 1. The van der Waals surface area contributed by atoms with Crippen LogP contribution in [0.5, 0.6) is 5.75 Å². The zero-order valence-corrected chi connectivity index (χ0v) is 15.9. The molecule has 0 bridgehead atoms. The first-order chi connectivity index (χ1) is 13.2. The highest BCUT2D eigenvalue weighted by atomic mass is 32.1. The second-order valence-electron chi connectivity index (χ2n) is 6.39. The van der Waals surface area contributed by atoms with Crippen molar-refractivity contribution in [2.24, 2.45) is 0 Å². The predicted molar refractivity (Wildman–Crippen MR) is 111 cm³/mol. The van der Waals surface area contributed by atoms with Gasteiger partial charge in [-0.1, -0.05) is 30.3 Å². The molecule has 0 radical (unpaired) electrons. The molecule has 4 aromatic rings. The molecular weight excluding hydrogens is 356 g/mol. The van der Waals surface area contributed by atoms with E-state index in [1.54, 1.807) is 18.0 Å². The maximum Gasteiger partial charge on any atom is 0.271 e. The van der Waals surface area contributed by atoms with Crippen LogP contribution >= 0.6 is 11.3 Å². The lowest BCUT2D eigenvalue weighted by Crippen LogP contribution is -2.19. The van der Waals surface area contributed by atoms with Crippen molar-refractivity contribution >= 4 is 21.6 Å². The number of aromatic nitrogens is 2. The summed E-state index contributed by atoms with van der Waals surface area (Å²) in [6, 6.07) is 20.2. The third kappa shape index (κ3) is 3.78. The standard InChI is InChI=1S/C22H20N2O2S/c1-26-18-11-9-17(10-12-18)20-14-19-21(27-20)22(25)24(15-23-19)13-5-8-16-6-3-2-4-7-16/h2-4,6-7,9-12,14-15H,5,8,13H2,1H3. The van der Waals surface area contributed by atoms with Crippen molar-refractivity contribution in [3.63, 3.8) is 0 Å². The van der Waals surface area contributed by atoms with Crippen molar-refractivity contribution in [1.82, 2.24) is 9.55 Å². The Balaban J connectivity index is 1.55. The molecule has 0 N–H and O–H groups in total. The van der Waals surface area contributed by atoms with Gasteiger partial charge in [0.2, 0.25) is 0 Å². The van der Waals surface area contributed by atoms with Gasteiger partial charge in [-0.05, 0) is 54.3 Å². The van der Waals surface area contributed by atoms with Gasteiger partial charge in [-0.2, -0.15) is 0 Å². The van der Waals surface area contributed by atoms with Crippen LogP contribution in [0.3, 0.4) is 0 Å². The summed E-state index contributed by atoms with van der Waals surface area (Å²) in [7, 11) is 1.65. The Morgan fingerprint density at radius 3 is 2.59 bits per heavy atom. The van der Waals surface area contributed by atoms with E-state index in [2.05, 4.69) is 17.1 Å². The number of aryl methyl sites for hydroxylation is 2. The molecule has 0 aliphatic heterocycles. The number of benzene rings is 2. The summed E-state index contributed by atoms with van der Waals surface area (Å²) in [6.07, 6.45) is 3.53. The maximum atomic E-state index is 12.8. The quantitative estimate of drug-likeness (QED) is 0.487. The van der Waals surface area contributed by atoms with Crippen molar-refractivity contribution in [1.29, 1.82) is 0 Å². The molecular formula is C22H20N2O2S. The summed E-state index contributed by atoms with van der Waals surface area (Å²) in [5, 5.41) is 0. The molecule has 136 valence electrons. The second-order valence-corrected chi connectivity index (χ2v) is 7.44. The summed E-state index contributed by atoms with van der Waals surface area (Å²) in [4.78, 5) is 18.4. The van der Waals surface area contributed by atoms with Crippen LogP contribution in [0, 0.1) is 0 Å². The van der Waals surface area contributed by atoms with Crippen LogP contribution in [0.15, 0.2) is 71.8 Å². The Labute approximate surface area is 161 Å². The van der Waals surface area contributed by atoms with Gasteiger partial charge in [-0.15, -0.1) is 11.3 Å². The van der Waals surface area contributed by atoms with Crippen LogP contribution in [-0.4, -0.2) is 16.7 Å². The van der Waals surface area contributed by atoms with E-state index in [4.69, 9.17) is 4.74 Å². The van der Waals surface area contributed by atoms with E-state index in [0.717, 1.165) is 34.5 Å². The zero-order chi connectivity index (χ0) is 18.6. The first-order valence-electron chi connectivity index (χ1n) is 8.92. The van der Waals surface area contributed by atoms with Gasteiger partial charge >= 0.3 is 0 Å². The third-order valence-electron chi connectivity index (χ3n) is 4.59. The highest BCUT2D eigenvalue weighted by Gasteiger charge is 2.10. The fraction of sp³-hybridized carbons (Fsp3) is 0.182. The lowest BCUT2D eigenvalue weighted by molar-refractivity contribution is 0.415. The number of fused-ring (bicyclic) bond motifs is 1. The number of hydrogen-bond acceptors (Lipinski definition) is 4.